The van der Waals surface area contributed by atoms with Crippen molar-refractivity contribution in [2.24, 2.45) is 5.92 Å². The maximum atomic E-state index is 13.8. The molecule has 0 unspecified atom stereocenters. The molecular weight excluding hydrogens is 371 g/mol. The quantitative estimate of drug-likeness (QED) is 0.729. The van der Waals surface area contributed by atoms with Crippen LogP contribution < -0.4 is 5.32 Å². The van der Waals surface area contributed by atoms with Gasteiger partial charge in [0, 0.05) is 44.8 Å². The zero-order valence-corrected chi connectivity index (χ0v) is 16.9. The summed E-state index contributed by atoms with van der Waals surface area (Å²) in [6.45, 7) is 3.73. The van der Waals surface area contributed by atoms with Crippen LogP contribution in [0.4, 0.5) is 4.39 Å². The van der Waals surface area contributed by atoms with Crippen LogP contribution in [0.3, 0.4) is 0 Å². The van der Waals surface area contributed by atoms with E-state index in [0.717, 1.165) is 11.1 Å². The largest absolute Gasteiger partial charge is 0.385 e. The first kappa shape index (κ1) is 21.0. The minimum Gasteiger partial charge on any atom is -0.385 e. The van der Waals surface area contributed by atoms with E-state index >= 15 is 0 Å². The first-order valence-electron chi connectivity index (χ1n) is 9.87. The summed E-state index contributed by atoms with van der Waals surface area (Å²) in [4.78, 5) is 27.5. The second-order valence-electron chi connectivity index (χ2n) is 7.48. The van der Waals surface area contributed by atoms with Crippen LogP contribution in [0.5, 0.6) is 0 Å². The van der Waals surface area contributed by atoms with Gasteiger partial charge in [0.25, 0.3) is 5.91 Å². The molecule has 0 aromatic heterocycles. The van der Waals surface area contributed by atoms with E-state index in [0.29, 0.717) is 38.2 Å². The number of hydrogen-bond acceptors (Lipinski definition) is 3. The molecule has 5 nitrogen and oxygen atoms in total. The fourth-order valence-electron chi connectivity index (χ4n) is 3.75. The molecule has 0 radical (unpaired) electrons. The standard InChI is InChI=1S/C23H27FN2O3/c1-16-7-9-17(10-8-16)23(28)26-14-20(18-5-3-6-19(24)13-18)21(15-26)22(27)25-11-4-12-29-2/h3,5-10,13,20-21H,4,11-12,14-15H2,1-2H3,(H,25,27)/t20-,21+/m1/s1. The highest BCUT2D eigenvalue weighted by Crippen LogP contribution is 2.34. The van der Waals surface area contributed by atoms with E-state index in [9.17, 15) is 14.0 Å². The number of methoxy groups -OCH3 is 1. The maximum Gasteiger partial charge on any atom is 0.253 e. The van der Waals surface area contributed by atoms with Crippen molar-refractivity contribution in [1.82, 2.24) is 10.2 Å². The number of hydrogen-bond donors (Lipinski definition) is 1. The van der Waals surface area contributed by atoms with Crippen LogP contribution in [0.25, 0.3) is 0 Å². The summed E-state index contributed by atoms with van der Waals surface area (Å²) in [6, 6.07) is 13.7. The Balaban J connectivity index is 1.78. The van der Waals surface area contributed by atoms with Gasteiger partial charge in [-0.3, -0.25) is 9.59 Å². The Labute approximate surface area is 170 Å². The smallest absolute Gasteiger partial charge is 0.253 e. The van der Waals surface area contributed by atoms with Crippen molar-refractivity contribution in [2.45, 2.75) is 19.3 Å². The third-order valence-corrected chi connectivity index (χ3v) is 5.34. The van der Waals surface area contributed by atoms with Crippen molar-refractivity contribution in [3.05, 3.63) is 71.0 Å². The number of ether oxygens (including phenoxy) is 1. The topological polar surface area (TPSA) is 58.6 Å². The summed E-state index contributed by atoms with van der Waals surface area (Å²) < 4.78 is 18.8. The molecule has 2 atom stereocenters. The van der Waals surface area contributed by atoms with Crippen molar-refractivity contribution in [3.63, 3.8) is 0 Å². The number of amides is 2. The summed E-state index contributed by atoms with van der Waals surface area (Å²) in [6.07, 6.45) is 0.714. The first-order chi connectivity index (χ1) is 14.0. The molecule has 0 aliphatic carbocycles. The molecule has 0 saturated carbocycles. The average Bonchev–Trinajstić information content (AvgIpc) is 3.17. The minimum absolute atomic E-state index is 0.110. The molecule has 6 heteroatoms. The molecule has 1 saturated heterocycles. The van der Waals surface area contributed by atoms with Gasteiger partial charge in [0.15, 0.2) is 0 Å². The fourth-order valence-corrected chi connectivity index (χ4v) is 3.75. The maximum absolute atomic E-state index is 13.8. The molecule has 0 spiro atoms. The van der Waals surface area contributed by atoms with E-state index in [1.807, 2.05) is 25.1 Å². The Hall–Kier alpha value is -2.73. The molecule has 1 heterocycles. The Morgan fingerprint density at radius 3 is 2.62 bits per heavy atom. The van der Waals surface area contributed by atoms with Gasteiger partial charge in [-0.05, 0) is 43.2 Å². The number of likely N-dealkylation sites (tertiary alicyclic amines) is 1. The van der Waals surface area contributed by atoms with Gasteiger partial charge in [0.1, 0.15) is 5.82 Å². The lowest BCUT2D eigenvalue weighted by atomic mass is 9.88. The number of carbonyl (C=O) groups excluding carboxylic acids is 2. The molecule has 1 aliphatic heterocycles. The van der Waals surface area contributed by atoms with Crippen LogP contribution in [0.2, 0.25) is 0 Å². The van der Waals surface area contributed by atoms with E-state index in [2.05, 4.69) is 5.32 Å². The lowest BCUT2D eigenvalue weighted by Gasteiger charge is -2.18. The van der Waals surface area contributed by atoms with Crippen LogP contribution in [-0.2, 0) is 9.53 Å². The van der Waals surface area contributed by atoms with Crippen LogP contribution in [0, 0.1) is 18.7 Å². The monoisotopic (exact) mass is 398 g/mol. The third-order valence-electron chi connectivity index (χ3n) is 5.34. The molecule has 1 fully saturated rings. The summed E-state index contributed by atoms with van der Waals surface area (Å²) in [7, 11) is 1.62. The summed E-state index contributed by atoms with van der Waals surface area (Å²) in [5.41, 5.74) is 2.41. The Morgan fingerprint density at radius 2 is 1.93 bits per heavy atom. The normalized spacial score (nSPS) is 18.7. The Morgan fingerprint density at radius 1 is 1.17 bits per heavy atom. The molecule has 2 aromatic carbocycles. The van der Waals surface area contributed by atoms with E-state index in [4.69, 9.17) is 4.74 Å². The van der Waals surface area contributed by atoms with Crippen LogP contribution in [-0.4, -0.2) is 50.1 Å². The van der Waals surface area contributed by atoms with Crippen LogP contribution >= 0.6 is 0 Å². The van der Waals surface area contributed by atoms with E-state index in [-0.39, 0.29) is 23.5 Å². The number of benzene rings is 2. The molecular formula is C23H27FN2O3. The molecule has 29 heavy (non-hydrogen) atoms. The second kappa shape index (κ2) is 9.65. The van der Waals surface area contributed by atoms with Crippen molar-refractivity contribution < 1.29 is 18.7 Å². The summed E-state index contributed by atoms with van der Waals surface area (Å²) in [5, 5.41) is 2.93. The van der Waals surface area contributed by atoms with E-state index < -0.39 is 5.92 Å². The van der Waals surface area contributed by atoms with Crippen LogP contribution in [0.15, 0.2) is 48.5 Å². The Kier molecular flexibility index (Phi) is 6.99. The highest BCUT2D eigenvalue weighted by Gasteiger charge is 2.40. The van der Waals surface area contributed by atoms with Gasteiger partial charge in [0.05, 0.1) is 5.92 Å². The SMILES string of the molecule is COCCCNC(=O)[C@H]1CN(C(=O)c2ccc(C)cc2)C[C@@H]1c1cccc(F)c1. The predicted octanol–water partition coefficient (Wildman–Crippen LogP) is 3.14. The molecule has 3 rings (SSSR count). The highest BCUT2D eigenvalue weighted by atomic mass is 19.1. The van der Waals surface area contributed by atoms with E-state index in [1.54, 1.807) is 30.2 Å². The van der Waals surface area contributed by atoms with Gasteiger partial charge >= 0.3 is 0 Å². The molecule has 0 bridgehead atoms. The fraction of sp³-hybridized carbons (Fsp3) is 0.391. The van der Waals surface area contributed by atoms with E-state index in [1.165, 1.54) is 12.1 Å². The number of nitrogens with one attached hydrogen (secondary N) is 1. The number of nitrogens with zero attached hydrogens (tertiary/aromatic N) is 1. The highest BCUT2D eigenvalue weighted by molar-refractivity contribution is 5.95. The van der Waals surface area contributed by atoms with Crippen molar-refractivity contribution >= 4 is 11.8 Å². The zero-order valence-electron chi connectivity index (χ0n) is 16.9. The van der Waals surface area contributed by atoms with Crippen molar-refractivity contribution in [3.8, 4) is 0 Å². The predicted molar refractivity (Wildman–Crippen MR) is 109 cm³/mol. The minimum atomic E-state index is -0.422. The molecule has 154 valence electrons. The zero-order chi connectivity index (χ0) is 20.8. The molecule has 1 N–H and O–H groups in total. The molecule has 2 aromatic rings. The van der Waals surface area contributed by atoms with Crippen molar-refractivity contribution in [1.29, 1.82) is 0 Å². The lowest BCUT2D eigenvalue weighted by molar-refractivity contribution is -0.124. The molecule has 2 amide bonds. The van der Waals surface area contributed by atoms with Crippen molar-refractivity contribution in [2.75, 3.05) is 33.4 Å². The first-order valence-corrected chi connectivity index (χ1v) is 9.87. The number of rotatable bonds is 7. The van der Waals surface area contributed by atoms with Gasteiger partial charge in [0.2, 0.25) is 5.91 Å². The number of halogens is 1. The second-order valence-corrected chi connectivity index (χ2v) is 7.48. The van der Waals surface area contributed by atoms with Gasteiger partial charge in [-0.1, -0.05) is 29.8 Å². The van der Waals surface area contributed by atoms with Gasteiger partial charge in [-0.15, -0.1) is 0 Å². The summed E-state index contributed by atoms with van der Waals surface area (Å²) >= 11 is 0. The summed E-state index contributed by atoms with van der Waals surface area (Å²) in [5.74, 6) is -1.24. The van der Waals surface area contributed by atoms with Crippen LogP contribution in [0.1, 0.15) is 33.8 Å². The van der Waals surface area contributed by atoms with Gasteiger partial charge in [-0.25, -0.2) is 4.39 Å². The Bertz CT molecular complexity index is 853. The number of carbonyl (C=O) groups is 2. The lowest BCUT2D eigenvalue weighted by Crippen LogP contribution is -2.36. The van der Waals surface area contributed by atoms with Gasteiger partial charge < -0.3 is 15.0 Å². The third kappa shape index (κ3) is 5.21. The van der Waals surface area contributed by atoms with Gasteiger partial charge in [-0.2, -0.15) is 0 Å². The molecule has 1 aliphatic rings. The average molecular weight is 398 g/mol. The number of aryl methyl sites for hydroxylation is 1.